The highest BCUT2D eigenvalue weighted by Crippen LogP contribution is 2.39. The van der Waals surface area contributed by atoms with E-state index in [0.717, 1.165) is 18.4 Å². The molecular weight excluding hydrogens is 238 g/mol. The van der Waals surface area contributed by atoms with E-state index in [1.165, 1.54) is 19.3 Å². The fourth-order valence-electron chi connectivity index (χ4n) is 3.50. The minimum Gasteiger partial charge on any atom is -0.385 e. The van der Waals surface area contributed by atoms with Crippen LogP contribution in [-0.2, 0) is 11.1 Å². The summed E-state index contributed by atoms with van der Waals surface area (Å²) in [5.41, 5.74) is 0.267. The smallest absolute Gasteiger partial charge is 0.0956 e. The largest absolute Gasteiger partial charge is 0.385 e. The summed E-state index contributed by atoms with van der Waals surface area (Å²) in [5, 5.41) is 19.1. The molecule has 2 aliphatic rings. The minimum atomic E-state index is -0.690. The SMILES string of the molecule is CC(C)(C)n1cc(C2(O)CC3CCCC(C2)N3)cn1. The van der Waals surface area contributed by atoms with Crippen molar-refractivity contribution in [3.05, 3.63) is 18.0 Å². The molecule has 0 spiro atoms. The average Bonchev–Trinajstić information content (AvgIpc) is 2.77. The third-order valence-electron chi connectivity index (χ3n) is 4.55. The Labute approximate surface area is 115 Å². The lowest BCUT2D eigenvalue weighted by molar-refractivity contribution is -0.0359. The van der Waals surface area contributed by atoms with Crippen molar-refractivity contribution in [3.63, 3.8) is 0 Å². The molecule has 0 saturated carbocycles. The van der Waals surface area contributed by atoms with Crippen LogP contribution in [0.2, 0.25) is 0 Å². The molecule has 2 unspecified atom stereocenters. The Bertz CT molecular complexity index is 448. The Balaban J connectivity index is 1.86. The van der Waals surface area contributed by atoms with Crippen LogP contribution in [0.25, 0.3) is 0 Å². The molecule has 3 heterocycles. The van der Waals surface area contributed by atoms with Crippen molar-refractivity contribution < 1.29 is 5.11 Å². The lowest BCUT2D eigenvalue weighted by Gasteiger charge is -2.45. The Kier molecular flexibility index (Phi) is 2.98. The highest BCUT2D eigenvalue weighted by atomic mass is 16.3. The van der Waals surface area contributed by atoms with E-state index in [-0.39, 0.29) is 5.54 Å². The van der Waals surface area contributed by atoms with Gasteiger partial charge in [0.1, 0.15) is 0 Å². The molecule has 0 radical (unpaired) electrons. The Morgan fingerprint density at radius 3 is 2.47 bits per heavy atom. The maximum atomic E-state index is 11.0. The Morgan fingerprint density at radius 2 is 1.95 bits per heavy atom. The molecule has 19 heavy (non-hydrogen) atoms. The molecule has 2 saturated heterocycles. The molecule has 2 bridgehead atoms. The van der Waals surface area contributed by atoms with E-state index in [1.807, 2.05) is 17.1 Å². The first-order valence-corrected chi connectivity index (χ1v) is 7.41. The van der Waals surface area contributed by atoms with Gasteiger partial charge in [0, 0.05) is 23.8 Å². The molecule has 106 valence electrons. The van der Waals surface area contributed by atoms with Crippen LogP contribution in [0.1, 0.15) is 58.4 Å². The summed E-state index contributed by atoms with van der Waals surface area (Å²) < 4.78 is 1.96. The summed E-state index contributed by atoms with van der Waals surface area (Å²) in [6, 6.07) is 0.936. The molecule has 1 aromatic rings. The monoisotopic (exact) mass is 263 g/mol. The highest BCUT2D eigenvalue weighted by Gasteiger charge is 2.42. The predicted molar refractivity (Wildman–Crippen MR) is 74.9 cm³/mol. The summed E-state index contributed by atoms with van der Waals surface area (Å²) in [6.45, 7) is 6.39. The van der Waals surface area contributed by atoms with E-state index < -0.39 is 5.60 Å². The fourth-order valence-corrected chi connectivity index (χ4v) is 3.50. The van der Waals surface area contributed by atoms with Gasteiger partial charge >= 0.3 is 0 Å². The Morgan fingerprint density at radius 1 is 1.32 bits per heavy atom. The number of rotatable bonds is 1. The van der Waals surface area contributed by atoms with Crippen molar-refractivity contribution in [2.45, 2.75) is 76.1 Å². The molecule has 2 atom stereocenters. The number of nitrogens with one attached hydrogen (secondary N) is 1. The zero-order chi connectivity index (χ0) is 13.7. The van der Waals surface area contributed by atoms with Crippen molar-refractivity contribution in [1.82, 2.24) is 15.1 Å². The summed E-state index contributed by atoms with van der Waals surface area (Å²) in [5.74, 6) is 0. The van der Waals surface area contributed by atoms with Gasteiger partial charge in [-0.15, -0.1) is 0 Å². The molecular formula is C15H25N3O. The van der Waals surface area contributed by atoms with Gasteiger partial charge in [0.05, 0.1) is 17.3 Å². The van der Waals surface area contributed by atoms with Gasteiger partial charge in [-0.05, 0) is 46.5 Å². The maximum absolute atomic E-state index is 11.0. The minimum absolute atomic E-state index is 0.0304. The Hall–Kier alpha value is -0.870. The van der Waals surface area contributed by atoms with Crippen LogP contribution < -0.4 is 5.32 Å². The first-order chi connectivity index (χ1) is 8.87. The molecule has 4 nitrogen and oxygen atoms in total. The third kappa shape index (κ3) is 2.43. The average molecular weight is 263 g/mol. The van der Waals surface area contributed by atoms with Crippen molar-refractivity contribution in [2.24, 2.45) is 0 Å². The van der Waals surface area contributed by atoms with Gasteiger partial charge in [-0.2, -0.15) is 5.10 Å². The molecule has 2 fully saturated rings. The number of nitrogens with zero attached hydrogens (tertiary/aromatic N) is 2. The van der Waals surface area contributed by atoms with E-state index in [2.05, 4.69) is 31.2 Å². The molecule has 2 aliphatic heterocycles. The zero-order valence-electron chi connectivity index (χ0n) is 12.2. The third-order valence-corrected chi connectivity index (χ3v) is 4.55. The molecule has 0 aliphatic carbocycles. The molecule has 0 amide bonds. The van der Waals surface area contributed by atoms with Crippen LogP contribution in [0, 0.1) is 0 Å². The van der Waals surface area contributed by atoms with Crippen LogP contribution >= 0.6 is 0 Å². The zero-order valence-corrected chi connectivity index (χ0v) is 12.2. The molecule has 3 rings (SSSR count). The van der Waals surface area contributed by atoms with Crippen LogP contribution in [0.5, 0.6) is 0 Å². The fraction of sp³-hybridized carbons (Fsp3) is 0.800. The number of aromatic nitrogens is 2. The summed E-state index contributed by atoms with van der Waals surface area (Å²) >= 11 is 0. The van der Waals surface area contributed by atoms with E-state index in [1.54, 1.807) is 0 Å². The van der Waals surface area contributed by atoms with Crippen molar-refractivity contribution in [3.8, 4) is 0 Å². The van der Waals surface area contributed by atoms with Gasteiger partial charge < -0.3 is 10.4 Å². The second-order valence-electron chi connectivity index (χ2n) is 7.28. The summed E-state index contributed by atoms with van der Waals surface area (Å²) in [4.78, 5) is 0. The number of piperidine rings is 2. The van der Waals surface area contributed by atoms with Crippen molar-refractivity contribution in [1.29, 1.82) is 0 Å². The maximum Gasteiger partial charge on any atom is 0.0956 e. The topological polar surface area (TPSA) is 50.1 Å². The number of aliphatic hydroxyl groups is 1. The summed E-state index contributed by atoms with van der Waals surface area (Å²) in [7, 11) is 0. The van der Waals surface area contributed by atoms with Crippen LogP contribution in [0.15, 0.2) is 12.4 Å². The van der Waals surface area contributed by atoms with E-state index in [0.29, 0.717) is 12.1 Å². The summed E-state index contributed by atoms with van der Waals surface area (Å²) in [6.07, 6.45) is 9.18. The quantitative estimate of drug-likeness (QED) is 0.816. The first kappa shape index (κ1) is 13.1. The lowest BCUT2D eigenvalue weighted by Crippen LogP contribution is -2.54. The van der Waals surface area contributed by atoms with Gasteiger partial charge in [-0.25, -0.2) is 0 Å². The number of fused-ring (bicyclic) bond motifs is 2. The molecule has 1 aromatic heterocycles. The van der Waals surface area contributed by atoms with Crippen LogP contribution in [0.3, 0.4) is 0 Å². The molecule has 0 aromatic carbocycles. The second kappa shape index (κ2) is 4.32. The lowest BCUT2D eigenvalue weighted by atomic mass is 9.75. The standard InChI is InChI=1S/C15H25N3O/c1-14(2,3)18-10-11(9-16-18)15(19)7-12-5-4-6-13(8-15)17-12/h9-10,12-13,17,19H,4-8H2,1-3H3. The molecule has 2 N–H and O–H groups in total. The normalized spacial score (nSPS) is 35.4. The number of hydrogen-bond acceptors (Lipinski definition) is 3. The van der Waals surface area contributed by atoms with Gasteiger partial charge in [0.15, 0.2) is 0 Å². The van der Waals surface area contributed by atoms with Gasteiger partial charge in [-0.1, -0.05) is 6.42 Å². The predicted octanol–water partition coefficient (Wildman–Crippen LogP) is 2.13. The van der Waals surface area contributed by atoms with Crippen LogP contribution in [0.4, 0.5) is 0 Å². The highest BCUT2D eigenvalue weighted by molar-refractivity contribution is 5.19. The second-order valence-corrected chi connectivity index (χ2v) is 7.28. The van der Waals surface area contributed by atoms with Gasteiger partial charge in [0.25, 0.3) is 0 Å². The van der Waals surface area contributed by atoms with E-state index in [9.17, 15) is 5.11 Å². The molecule has 4 heteroatoms. The van der Waals surface area contributed by atoms with E-state index in [4.69, 9.17) is 0 Å². The van der Waals surface area contributed by atoms with Crippen molar-refractivity contribution in [2.75, 3.05) is 0 Å². The number of hydrogen-bond donors (Lipinski definition) is 2. The van der Waals surface area contributed by atoms with E-state index >= 15 is 0 Å². The van der Waals surface area contributed by atoms with Crippen molar-refractivity contribution >= 4 is 0 Å². The van der Waals surface area contributed by atoms with Gasteiger partial charge in [-0.3, -0.25) is 4.68 Å². The van der Waals surface area contributed by atoms with Gasteiger partial charge in [0.2, 0.25) is 0 Å². The first-order valence-electron chi connectivity index (χ1n) is 7.41. The van der Waals surface area contributed by atoms with Crippen LogP contribution in [-0.4, -0.2) is 27.0 Å².